The molecule has 0 atom stereocenters. The standard InChI is InChI=1S/C15H30N4O2/c1-5-15(6-2,12-16)14(21)19-9-7-18(8-10-19)13(20)11-17(3)4/h5-12,16H2,1-4H3. The molecule has 0 unspecified atom stereocenters. The number of rotatable bonds is 6. The van der Waals surface area contributed by atoms with E-state index in [0.717, 1.165) is 12.8 Å². The predicted octanol–water partition coefficient (Wildman–Crippen LogP) is -0.0161. The Bertz CT molecular complexity index is 350. The highest BCUT2D eigenvalue weighted by Gasteiger charge is 2.38. The van der Waals surface area contributed by atoms with E-state index < -0.39 is 5.41 Å². The van der Waals surface area contributed by atoms with E-state index in [9.17, 15) is 9.59 Å². The van der Waals surface area contributed by atoms with Gasteiger partial charge in [-0.25, -0.2) is 0 Å². The summed E-state index contributed by atoms with van der Waals surface area (Å²) in [4.78, 5) is 30.3. The maximum Gasteiger partial charge on any atom is 0.236 e. The van der Waals surface area contributed by atoms with Crippen LogP contribution in [0.2, 0.25) is 0 Å². The number of carbonyl (C=O) groups is 2. The van der Waals surface area contributed by atoms with Gasteiger partial charge in [-0.2, -0.15) is 0 Å². The van der Waals surface area contributed by atoms with Crippen molar-refractivity contribution >= 4 is 11.8 Å². The SMILES string of the molecule is CCC(CC)(CN)C(=O)N1CCN(C(=O)CN(C)C)CC1. The van der Waals surface area contributed by atoms with Crippen LogP contribution in [0, 0.1) is 5.41 Å². The lowest BCUT2D eigenvalue weighted by Gasteiger charge is -2.40. The first-order valence-corrected chi connectivity index (χ1v) is 7.82. The zero-order valence-corrected chi connectivity index (χ0v) is 13.9. The van der Waals surface area contributed by atoms with E-state index in [1.54, 1.807) is 0 Å². The van der Waals surface area contributed by atoms with Crippen molar-refractivity contribution in [3.05, 3.63) is 0 Å². The van der Waals surface area contributed by atoms with Crippen molar-refractivity contribution < 1.29 is 9.59 Å². The van der Waals surface area contributed by atoms with E-state index in [1.807, 2.05) is 42.6 Å². The Morgan fingerprint density at radius 1 is 1.05 bits per heavy atom. The van der Waals surface area contributed by atoms with Crippen LogP contribution in [0.15, 0.2) is 0 Å². The van der Waals surface area contributed by atoms with Gasteiger partial charge in [0, 0.05) is 32.7 Å². The molecule has 0 spiro atoms. The monoisotopic (exact) mass is 298 g/mol. The fraction of sp³-hybridized carbons (Fsp3) is 0.867. The van der Waals surface area contributed by atoms with Crippen molar-refractivity contribution in [3.63, 3.8) is 0 Å². The number of nitrogens with two attached hydrogens (primary N) is 1. The zero-order valence-electron chi connectivity index (χ0n) is 13.9. The molecule has 6 nitrogen and oxygen atoms in total. The summed E-state index contributed by atoms with van der Waals surface area (Å²) in [6, 6.07) is 0. The molecule has 0 aromatic rings. The van der Waals surface area contributed by atoms with Gasteiger partial charge in [0.15, 0.2) is 0 Å². The Labute approximate surface area is 128 Å². The van der Waals surface area contributed by atoms with Gasteiger partial charge in [0.05, 0.1) is 12.0 Å². The lowest BCUT2D eigenvalue weighted by molar-refractivity contribution is -0.147. The summed E-state index contributed by atoms with van der Waals surface area (Å²) in [6.45, 7) is 7.30. The average molecular weight is 298 g/mol. The van der Waals surface area contributed by atoms with Crippen LogP contribution in [-0.4, -0.2) is 79.9 Å². The summed E-state index contributed by atoms with van der Waals surface area (Å²) >= 11 is 0. The fourth-order valence-electron chi connectivity index (χ4n) is 2.79. The smallest absolute Gasteiger partial charge is 0.236 e. The molecule has 1 saturated heterocycles. The second kappa shape index (κ2) is 7.75. The molecule has 1 aliphatic rings. The average Bonchev–Trinajstić information content (AvgIpc) is 2.49. The van der Waals surface area contributed by atoms with Crippen LogP contribution in [0.3, 0.4) is 0 Å². The molecule has 2 N–H and O–H groups in total. The Hall–Kier alpha value is -1.14. The third-order valence-electron chi connectivity index (χ3n) is 4.57. The van der Waals surface area contributed by atoms with E-state index in [1.165, 1.54) is 0 Å². The van der Waals surface area contributed by atoms with Crippen molar-refractivity contribution in [2.24, 2.45) is 11.1 Å². The maximum absolute atomic E-state index is 12.7. The maximum atomic E-state index is 12.7. The second-order valence-corrected chi connectivity index (χ2v) is 6.10. The molecule has 0 aliphatic carbocycles. The highest BCUT2D eigenvalue weighted by Crippen LogP contribution is 2.28. The lowest BCUT2D eigenvalue weighted by atomic mass is 9.81. The number of likely N-dealkylation sites (N-methyl/N-ethyl adjacent to an activating group) is 1. The molecule has 1 fully saturated rings. The van der Waals surface area contributed by atoms with Crippen LogP contribution in [0.4, 0.5) is 0 Å². The van der Waals surface area contributed by atoms with Gasteiger partial charge >= 0.3 is 0 Å². The van der Waals surface area contributed by atoms with Crippen molar-refractivity contribution in [2.75, 3.05) is 53.4 Å². The Morgan fingerprint density at radius 2 is 1.52 bits per heavy atom. The van der Waals surface area contributed by atoms with Crippen LogP contribution in [0.1, 0.15) is 26.7 Å². The molecule has 0 aromatic heterocycles. The zero-order chi connectivity index (χ0) is 16.0. The van der Waals surface area contributed by atoms with E-state index >= 15 is 0 Å². The van der Waals surface area contributed by atoms with Crippen LogP contribution in [0.25, 0.3) is 0 Å². The summed E-state index contributed by atoms with van der Waals surface area (Å²) in [6.07, 6.45) is 1.53. The predicted molar refractivity (Wildman–Crippen MR) is 83.8 cm³/mol. The summed E-state index contributed by atoms with van der Waals surface area (Å²) in [5.74, 6) is 0.276. The minimum atomic E-state index is -0.435. The van der Waals surface area contributed by atoms with Gasteiger partial charge in [-0.1, -0.05) is 13.8 Å². The van der Waals surface area contributed by atoms with Gasteiger partial charge in [0.2, 0.25) is 11.8 Å². The fourth-order valence-corrected chi connectivity index (χ4v) is 2.79. The van der Waals surface area contributed by atoms with E-state index in [4.69, 9.17) is 5.73 Å². The summed E-state index contributed by atoms with van der Waals surface area (Å²) in [5, 5.41) is 0. The molecule has 1 aliphatic heterocycles. The van der Waals surface area contributed by atoms with Crippen molar-refractivity contribution in [3.8, 4) is 0 Å². The van der Waals surface area contributed by atoms with Gasteiger partial charge in [0.25, 0.3) is 0 Å². The Balaban J connectivity index is 2.60. The van der Waals surface area contributed by atoms with Crippen molar-refractivity contribution in [1.82, 2.24) is 14.7 Å². The minimum absolute atomic E-state index is 0.128. The molecular formula is C15H30N4O2. The van der Waals surface area contributed by atoms with E-state index in [2.05, 4.69) is 0 Å². The van der Waals surface area contributed by atoms with Gasteiger partial charge < -0.3 is 20.4 Å². The molecule has 2 amide bonds. The molecule has 0 saturated carbocycles. The molecule has 6 heteroatoms. The number of amides is 2. The summed E-state index contributed by atoms with van der Waals surface area (Å²) in [5.41, 5.74) is 5.41. The normalized spacial score (nSPS) is 16.5. The first kappa shape index (κ1) is 17.9. The summed E-state index contributed by atoms with van der Waals surface area (Å²) < 4.78 is 0. The third kappa shape index (κ3) is 4.17. The van der Waals surface area contributed by atoms with Gasteiger partial charge in [0.1, 0.15) is 0 Å². The molecule has 122 valence electrons. The summed E-state index contributed by atoms with van der Waals surface area (Å²) in [7, 11) is 3.77. The first-order valence-electron chi connectivity index (χ1n) is 7.82. The van der Waals surface area contributed by atoms with E-state index in [0.29, 0.717) is 39.3 Å². The van der Waals surface area contributed by atoms with Gasteiger partial charge in [-0.05, 0) is 26.9 Å². The Morgan fingerprint density at radius 3 is 1.90 bits per heavy atom. The molecule has 21 heavy (non-hydrogen) atoms. The molecule has 0 radical (unpaired) electrons. The largest absolute Gasteiger partial charge is 0.339 e. The van der Waals surface area contributed by atoms with Crippen molar-refractivity contribution in [2.45, 2.75) is 26.7 Å². The molecular weight excluding hydrogens is 268 g/mol. The molecule has 1 heterocycles. The van der Waals surface area contributed by atoms with Crippen LogP contribution < -0.4 is 5.73 Å². The first-order chi connectivity index (χ1) is 9.90. The Kier molecular flexibility index (Phi) is 6.61. The lowest BCUT2D eigenvalue weighted by Crippen LogP contribution is -2.56. The molecule has 0 bridgehead atoms. The van der Waals surface area contributed by atoms with Crippen LogP contribution in [-0.2, 0) is 9.59 Å². The number of hydrogen-bond donors (Lipinski definition) is 1. The number of carbonyl (C=O) groups excluding carboxylic acids is 2. The highest BCUT2D eigenvalue weighted by molar-refractivity contribution is 5.83. The molecule has 1 rings (SSSR count). The highest BCUT2D eigenvalue weighted by atomic mass is 16.2. The molecule has 0 aromatic carbocycles. The van der Waals surface area contributed by atoms with Gasteiger partial charge in [-0.3, -0.25) is 9.59 Å². The van der Waals surface area contributed by atoms with E-state index in [-0.39, 0.29) is 11.8 Å². The quantitative estimate of drug-likeness (QED) is 0.748. The number of nitrogens with zero attached hydrogens (tertiary/aromatic N) is 3. The van der Waals surface area contributed by atoms with Gasteiger partial charge in [-0.15, -0.1) is 0 Å². The second-order valence-electron chi connectivity index (χ2n) is 6.10. The third-order valence-corrected chi connectivity index (χ3v) is 4.57. The number of hydrogen-bond acceptors (Lipinski definition) is 4. The topological polar surface area (TPSA) is 69.9 Å². The van der Waals surface area contributed by atoms with Crippen molar-refractivity contribution in [1.29, 1.82) is 0 Å². The van der Waals surface area contributed by atoms with Crippen LogP contribution in [0.5, 0.6) is 0 Å². The minimum Gasteiger partial charge on any atom is -0.339 e. The number of piperazine rings is 1. The van der Waals surface area contributed by atoms with Crippen LogP contribution >= 0.6 is 0 Å².